The predicted octanol–water partition coefficient (Wildman–Crippen LogP) is 4.07. The Balaban J connectivity index is 2.40. The second-order valence-corrected chi connectivity index (χ2v) is 5.34. The lowest BCUT2D eigenvalue weighted by Crippen LogP contribution is -2.16. The predicted molar refractivity (Wildman–Crippen MR) is 83.3 cm³/mol. The molecule has 2 rings (SSSR count). The molecule has 110 valence electrons. The zero-order chi connectivity index (χ0) is 15.4. The lowest BCUT2D eigenvalue weighted by atomic mass is 9.89. The number of ether oxygens (including phenoxy) is 1. The molecule has 0 fully saturated rings. The molecule has 2 aromatic rings. The Morgan fingerprint density at radius 1 is 1.29 bits per heavy atom. The maximum atomic E-state index is 11.7. The second kappa shape index (κ2) is 6.64. The van der Waals surface area contributed by atoms with Gasteiger partial charge < -0.3 is 9.84 Å². The van der Waals surface area contributed by atoms with Crippen LogP contribution in [0, 0.1) is 6.92 Å². The van der Waals surface area contributed by atoms with Crippen LogP contribution >= 0.6 is 11.6 Å². The van der Waals surface area contributed by atoms with Gasteiger partial charge in [0.15, 0.2) is 0 Å². The van der Waals surface area contributed by atoms with Crippen molar-refractivity contribution in [3.63, 3.8) is 0 Å². The van der Waals surface area contributed by atoms with Gasteiger partial charge in [-0.05, 0) is 48.2 Å². The maximum absolute atomic E-state index is 11.7. The molecule has 3 nitrogen and oxygen atoms in total. The number of benzene rings is 2. The first kappa shape index (κ1) is 15.4. The Hall–Kier alpha value is -2.00. The number of aryl methyl sites for hydroxylation is 1. The third kappa shape index (κ3) is 3.56. The van der Waals surface area contributed by atoms with Crippen LogP contribution in [-0.2, 0) is 11.2 Å². The van der Waals surface area contributed by atoms with Crippen molar-refractivity contribution in [2.24, 2.45) is 0 Å². The van der Waals surface area contributed by atoms with E-state index in [0.717, 1.165) is 16.7 Å². The highest BCUT2D eigenvalue weighted by Crippen LogP contribution is 2.30. The molecular formula is C17H17ClO3. The molecule has 0 amide bonds. The highest BCUT2D eigenvalue weighted by molar-refractivity contribution is 6.30. The van der Waals surface area contributed by atoms with Gasteiger partial charge in [0.25, 0.3) is 0 Å². The van der Waals surface area contributed by atoms with E-state index in [0.29, 0.717) is 17.2 Å². The molecular weight excluding hydrogens is 288 g/mol. The number of hydrogen-bond acceptors (Lipinski definition) is 2. The number of rotatable bonds is 5. The summed E-state index contributed by atoms with van der Waals surface area (Å²) in [6, 6.07) is 12.8. The van der Waals surface area contributed by atoms with Crippen LogP contribution < -0.4 is 4.74 Å². The lowest BCUT2D eigenvalue weighted by Gasteiger charge is -2.17. The van der Waals surface area contributed by atoms with Gasteiger partial charge in [-0.3, -0.25) is 4.79 Å². The topological polar surface area (TPSA) is 46.5 Å². The first-order valence-electron chi connectivity index (χ1n) is 6.63. The van der Waals surface area contributed by atoms with E-state index in [2.05, 4.69) is 0 Å². The van der Waals surface area contributed by atoms with Crippen molar-refractivity contribution in [1.29, 1.82) is 0 Å². The Labute approximate surface area is 129 Å². The van der Waals surface area contributed by atoms with E-state index in [1.54, 1.807) is 25.3 Å². The molecule has 0 aromatic heterocycles. The highest BCUT2D eigenvalue weighted by atomic mass is 35.5. The average molecular weight is 305 g/mol. The molecule has 0 aliphatic rings. The molecule has 1 N–H and O–H groups in total. The second-order valence-electron chi connectivity index (χ2n) is 4.91. The van der Waals surface area contributed by atoms with Gasteiger partial charge in [0.1, 0.15) is 5.75 Å². The Morgan fingerprint density at radius 2 is 2.00 bits per heavy atom. The first-order valence-corrected chi connectivity index (χ1v) is 7.01. The zero-order valence-corrected chi connectivity index (χ0v) is 12.7. The number of aliphatic carboxylic acids is 1. The largest absolute Gasteiger partial charge is 0.496 e. The monoisotopic (exact) mass is 304 g/mol. The van der Waals surface area contributed by atoms with Crippen molar-refractivity contribution in [3.8, 4) is 5.75 Å². The van der Waals surface area contributed by atoms with Crippen molar-refractivity contribution < 1.29 is 14.6 Å². The van der Waals surface area contributed by atoms with Crippen LogP contribution in [0.15, 0.2) is 42.5 Å². The number of hydrogen-bond donors (Lipinski definition) is 1. The van der Waals surface area contributed by atoms with Gasteiger partial charge in [0.05, 0.1) is 13.0 Å². The van der Waals surface area contributed by atoms with Gasteiger partial charge in [-0.1, -0.05) is 35.9 Å². The van der Waals surface area contributed by atoms with Crippen molar-refractivity contribution in [2.45, 2.75) is 19.3 Å². The molecule has 1 unspecified atom stereocenters. The van der Waals surface area contributed by atoms with Crippen molar-refractivity contribution in [2.75, 3.05) is 7.11 Å². The third-order valence-electron chi connectivity index (χ3n) is 3.53. The number of methoxy groups -OCH3 is 1. The quantitative estimate of drug-likeness (QED) is 0.906. The molecule has 0 radical (unpaired) electrons. The van der Waals surface area contributed by atoms with E-state index in [1.807, 2.05) is 31.2 Å². The Bertz CT molecular complexity index is 652. The first-order chi connectivity index (χ1) is 10.0. The minimum absolute atomic E-state index is 0.337. The van der Waals surface area contributed by atoms with E-state index in [4.69, 9.17) is 16.3 Å². The number of carboxylic acids is 1. The van der Waals surface area contributed by atoms with Crippen molar-refractivity contribution in [3.05, 3.63) is 64.2 Å². The standard InChI is InChI=1S/C17H17ClO3/c1-11-5-3-4-6-14(11)15(17(19)20)10-12-9-13(18)7-8-16(12)21-2/h3-9,15H,10H2,1-2H3,(H,19,20). The van der Waals surface area contributed by atoms with Gasteiger partial charge >= 0.3 is 5.97 Å². The van der Waals surface area contributed by atoms with Crippen LogP contribution in [0.3, 0.4) is 0 Å². The summed E-state index contributed by atoms with van der Waals surface area (Å²) in [5.74, 6) is -0.830. The van der Waals surface area contributed by atoms with Crippen LogP contribution in [0.4, 0.5) is 0 Å². The fourth-order valence-corrected chi connectivity index (χ4v) is 2.63. The molecule has 0 heterocycles. The average Bonchev–Trinajstić information content (AvgIpc) is 2.45. The smallest absolute Gasteiger partial charge is 0.311 e. The molecule has 1 atom stereocenters. The molecule has 0 spiro atoms. The van der Waals surface area contributed by atoms with Gasteiger partial charge in [0, 0.05) is 5.02 Å². The molecule has 0 saturated heterocycles. The molecule has 0 saturated carbocycles. The number of carboxylic acid groups (broad SMARTS) is 1. The van der Waals surface area contributed by atoms with Gasteiger partial charge in [0.2, 0.25) is 0 Å². The van der Waals surface area contributed by atoms with Gasteiger partial charge in [-0.15, -0.1) is 0 Å². The lowest BCUT2D eigenvalue weighted by molar-refractivity contribution is -0.138. The molecule has 0 aliphatic carbocycles. The minimum Gasteiger partial charge on any atom is -0.496 e. The van der Waals surface area contributed by atoms with Crippen molar-refractivity contribution in [1.82, 2.24) is 0 Å². The number of carbonyl (C=O) groups is 1. The summed E-state index contributed by atoms with van der Waals surface area (Å²) in [6.45, 7) is 1.92. The SMILES string of the molecule is COc1ccc(Cl)cc1CC(C(=O)O)c1ccccc1C. The molecule has 21 heavy (non-hydrogen) atoms. The summed E-state index contributed by atoms with van der Waals surface area (Å²) in [6.07, 6.45) is 0.337. The van der Waals surface area contributed by atoms with Gasteiger partial charge in [-0.2, -0.15) is 0 Å². The molecule has 4 heteroatoms. The van der Waals surface area contributed by atoms with Crippen LogP contribution in [0.2, 0.25) is 5.02 Å². The summed E-state index contributed by atoms with van der Waals surface area (Å²) >= 11 is 6.01. The summed E-state index contributed by atoms with van der Waals surface area (Å²) in [5.41, 5.74) is 2.57. The summed E-state index contributed by atoms with van der Waals surface area (Å²) in [4.78, 5) is 11.7. The summed E-state index contributed by atoms with van der Waals surface area (Å²) in [5, 5.41) is 10.1. The Kier molecular flexibility index (Phi) is 4.86. The zero-order valence-electron chi connectivity index (χ0n) is 12.0. The molecule has 0 aliphatic heterocycles. The van der Waals surface area contributed by atoms with E-state index < -0.39 is 11.9 Å². The van der Waals surface area contributed by atoms with E-state index in [1.165, 1.54) is 0 Å². The highest BCUT2D eigenvalue weighted by Gasteiger charge is 2.23. The normalized spacial score (nSPS) is 12.0. The fraction of sp³-hybridized carbons (Fsp3) is 0.235. The van der Waals surface area contributed by atoms with Crippen LogP contribution in [0.5, 0.6) is 5.75 Å². The van der Waals surface area contributed by atoms with Crippen molar-refractivity contribution >= 4 is 17.6 Å². The number of halogens is 1. The van der Waals surface area contributed by atoms with Crippen LogP contribution in [-0.4, -0.2) is 18.2 Å². The van der Waals surface area contributed by atoms with Gasteiger partial charge in [-0.25, -0.2) is 0 Å². The van der Waals surface area contributed by atoms with Crippen LogP contribution in [0.25, 0.3) is 0 Å². The fourth-order valence-electron chi connectivity index (χ4n) is 2.43. The maximum Gasteiger partial charge on any atom is 0.311 e. The third-order valence-corrected chi connectivity index (χ3v) is 3.76. The minimum atomic E-state index is -0.855. The van der Waals surface area contributed by atoms with Crippen LogP contribution in [0.1, 0.15) is 22.6 Å². The summed E-state index contributed by atoms with van der Waals surface area (Å²) < 4.78 is 5.30. The molecule has 2 aromatic carbocycles. The van der Waals surface area contributed by atoms with E-state index in [9.17, 15) is 9.90 Å². The summed E-state index contributed by atoms with van der Waals surface area (Å²) in [7, 11) is 1.57. The molecule has 0 bridgehead atoms. The van der Waals surface area contributed by atoms with E-state index in [-0.39, 0.29) is 0 Å². The van der Waals surface area contributed by atoms with E-state index >= 15 is 0 Å². The Morgan fingerprint density at radius 3 is 2.62 bits per heavy atom.